The number of hydrogen-bond donors (Lipinski definition) is 0. The number of piperidine rings is 1. The van der Waals surface area contributed by atoms with E-state index in [1.165, 1.54) is 6.07 Å². The Morgan fingerprint density at radius 3 is 2.26 bits per heavy atom. The number of hydrogen-bond acceptors (Lipinski definition) is 5. The van der Waals surface area contributed by atoms with Gasteiger partial charge >= 0.3 is 0 Å². The van der Waals surface area contributed by atoms with Gasteiger partial charge in [-0.1, -0.05) is 24.3 Å². The van der Waals surface area contributed by atoms with Gasteiger partial charge in [-0.3, -0.25) is 29.4 Å². The fraction of sp³-hybridized carbons (Fsp3) is 0.348. The fourth-order valence-electron chi connectivity index (χ4n) is 5.31. The quantitative estimate of drug-likeness (QED) is 0.422. The molecule has 3 atom stereocenters. The van der Waals surface area contributed by atoms with Gasteiger partial charge < -0.3 is 4.90 Å². The summed E-state index contributed by atoms with van der Waals surface area (Å²) in [6, 6.07) is 9.87. The molecule has 158 valence electrons. The first-order valence-electron chi connectivity index (χ1n) is 10.5. The minimum Gasteiger partial charge on any atom is -0.331 e. The normalized spacial score (nSPS) is 25.1. The molecule has 0 N–H and O–H groups in total. The lowest BCUT2D eigenvalue weighted by atomic mass is 9.89. The molecular formula is C23H21N3O5. The van der Waals surface area contributed by atoms with E-state index in [2.05, 4.69) is 0 Å². The Bertz CT molecular complexity index is 1110. The predicted octanol–water partition coefficient (Wildman–Crippen LogP) is 3.26. The van der Waals surface area contributed by atoms with E-state index in [0.717, 1.165) is 23.3 Å². The highest BCUT2D eigenvalue weighted by Gasteiger charge is 2.49. The van der Waals surface area contributed by atoms with Crippen molar-refractivity contribution in [2.75, 3.05) is 0 Å². The van der Waals surface area contributed by atoms with E-state index in [1.807, 2.05) is 13.0 Å². The van der Waals surface area contributed by atoms with Crippen molar-refractivity contribution < 1.29 is 19.3 Å². The van der Waals surface area contributed by atoms with E-state index in [9.17, 15) is 24.5 Å². The van der Waals surface area contributed by atoms with Gasteiger partial charge in [0, 0.05) is 24.1 Å². The summed E-state index contributed by atoms with van der Waals surface area (Å²) in [5, 5.41) is 11.8. The third kappa shape index (κ3) is 2.78. The van der Waals surface area contributed by atoms with E-state index >= 15 is 0 Å². The molecular weight excluding hydrogens is 398 g/mol. The number of nitro benzene ring substituents is 1. The van der Waals surface area contributed by atoms with Crippen molar-refractivity contribution in [1.82, 2.24) is 9.80 Å². The van der Waals surface area contributed by atoms with Crippen LogP contribution in [0.3, 0.4) is 0 Å². The van der Waals surface area contributed by atoms with Crippen LogP contribution in [0, 0.1) is 10.1 Å². The summed E-state index contributed by atoms with van der Waals surface area (Å²) >= 11 is 0. The third-order valence-corrected chi connectivity index (χ3v) is 6.73. The molecule has 0 radical (unpaired) electrons. The van der Waals surface area contributed by atoms with Crippen molar-refractivity contribution in [2.24, 2.45) is 0 Å². The van der Waals surface area contributed by atoms with Gasteiger partial charge in [0.25, 0.3) is 17.5 Å². The highest BCUT2D eigenvalue weighted by Crippen LogP contribution is 2.43. The van der Waals surface area contributed by atoms with Gasteiger partial charge in [-0.2, -0.15) is 0 Å². The number of nitro groups is 1. The number of imide groups is 1. The Labute approximate surface area is 178 Å². The van der Waals surface area contributed by atoms with Crippen molar-refractivity contribution >= 4 is 23.4 Å². The molecule has 2 unspecified atom stereocenters. The highest BCUT2D eigenvalue weighted by molar-refractivity contribution is 6.23. The second-order valence-corrected chi connectivity index (χ2v) is 8.39. The molecule has 0 aromatic heterocycles. The number of rotatable bonds is 2. The summed E-state index contributed by atoms with van der Waals surface area (Å²) in [5.41, 5.74) is 1.62. The lowest BCUT2D eigenvalue weighted by Gasteiger charge is -2.42. The molecule has 3 amide bonds. The number of carbonyl (C=O) groups is 3. The summed E-state index contributed by atoms with van der Waals surface area (Å²) in [5.74, 6) is -1.37. The van der Waals surface area contributed by atoms with E-state index in [-0.39, 0.29) is 41.2 Å². The van der Waals surface area contributed by atoms with Crippen LogP contribution in [-0.2, 0) is 11.2 Å². The summed E-state index contributed by atoms with van der Waals surface area (Å²) in [6.45, 7) is 1.95. The van der Waals surface area contributed by atoms with Crippen molar-refractivity contribution in [3.63, 3.8) is 0 Å². The zero-order valence-corrected chi connectivity index (χ0v) is 17.0. The summed E-state index contributed by atoms with van der Waals surface area (Å²) < 4.78 is 0. The maximum atomic E-state index is 13.8. The molecule has 3 heterocycles. The van der Waals surface area contributed by atoms with Crippen LogP contribution in [0.15, 0.2) is 42.5 Å². The molecule has 3 aliphatic heterocycles. The molecule has 0 aliphatic carbocycles. The van der Waals surface area contributed by atoms with Crippen LogP contribution in [0.25, 0.3) is 0 Å². The zero-order valence-electron chi connectivity index (χ0n) is 17.0. The molecule has 2 aromatic rings. The van der Waals surface area contributed by atoms with Crippen LogP contribution in [0.4, 0.5) is 5.69 Å². The Morgan fingerprint density at radius 1 is 0.935 bits per heavy atom. The van der Waals surface area contributed by atoms with Gasteiger partial charge in [0.05, 0.1) is 22.1 Å². The van der Waals surface area contributed by atoms with Gasteiger partial charge in [0.15, 0.2) is 0 Å². The minimum absolute atomic E-state index is 0.0590. The summed E-state index contributed by atoms with van der Waals surface area (Å²) in [7, 11) is 0. The maximum absolute atomic E-state index is 13.8. The topological polar surface area (TPSA) is 101 Å². The van der Waals surface area contributed by atoms with E-state index < -0.39 is 22.8 Å². The number of nitrogens with zero attached hydrogens (tertiary/aromatic N) is 3. The average molecular weight is 419 g/mol. The maximum Gasteiger partial charge on any atom is 0.273 e. The van der Waals surface area contributed by atoms with Gasteiger partial charge in [-0.15, -0.1) is 0 Å². The molecule has 1 saturated heterocycles. The Balaban J connectivity index is 1.68. The number of amides is 3. The Hall–Kier alpha value is -3.55. The van der Waals surface area contributed by atoms with E-state index in [1.54, 1.807) is 35.2 Å². The highest BCUT2D eigenvalue weighted by atomic mass is 16.6. The first-order valence-corrected chi connectivity index (χ1v) is 10.5. The van der Waals surface area contributed by atoms with Crippen molar-refractivity contribution in [3.05, 3.63) is 74.8 Å². The molecule has 0 bridgehead atoms. The molecule has 8 heteroatoms. The molecule has 3 aliphatic rings. The molecule has 0 spiro atoms. The molecule has 8 nitrogen and oxygen atoms in total. The number of benzene rings is 2. The molecule has 1 fully saturated rings. The predicted molar refractivity (Wildman–Crippen MR) is 110 cm³/mol. The van der Waals surface area contributed by atoms with Gasteiger partial charge in [-0.05, 0) is 43.9 Å². The fourth-order valence-corrected chi connectivity index (χ4v) is 5.31. The SMILES string of the molecule is CC1CCCC2c3cccc([N+](=O)[O-])c3C[C@H](N3C(=O)c4ccccc4C3=O)C(=O)N12. The van der Waals surface area contributed by atoms with Crippen molar-refractivity contribution in [3.8, 4) is 0 Å². The van der Waals surface area contributed by atoms with Crippen LogP contribution in [0.5, 0.6) is 0 Å². The Morgan fingerprint density at radius 2 is 1.61 bits per heavy atom. The average Bonchev–Trinajstić information content (AvgIpc) is 2.93. The van der Waals surface area contributed by atoms with Crippen LogP contribution in [0.1, 0.15) is 64.1 Å². The van der Waals surface area contributed by atoms with Crippen LogP contribution >= 0.6 is 0 Å². The zero-order chi connectivity index (χ0) is 21.9. The van der Waals surface area contributed by atoms with Crippen molar-refractivity contribution in [2.45, 2.75) is 50.7 Å². The van der Waals surface area contributed by atoms with E-state index in [0.29, 0.717) is 12.0 Å². The number of carbonyl (C=O) groups excluding carboxylic acids is 3. The lowest BCUT2D eigenvalue weighted by molar-refractivity contribution is -0.385. The van der Waals surface area contributed by atoms with Crippen LogP contribution in [0.2, 0.25) is 0 Å². The van der Waals surface area contributed by atoms with E-state index in [4.69, 9.17) is 0 Å². The first kappa shape index (κ1) is 19.4. The summed E-state index contributed by atoms with van der Waals surface area (Å²) in [6.07, 6.45) is 2.34. The Kier molecular flexibility index (Phi) is 4.39. The third-order valence-electron chi connectivity index (χ3n) is 6.73. The number of fused-ring (bicyclic) bond motifs is 4. The van der Waals surface area contributed by atoms with Crippen molar-refractivity contribution in [1.29, 1.82) is 0 Å². The summed E-state index contributed by atoms with van der Waals surface area (Å²) in [4.78, 5) is 54.1. The molecule has 5 rings (SSSR count). The largest absolute Gasteiger partial charge is 0.331 e. The van der Waals surface area contributed by atoms with Gasteiger partial charge in [0.2, 0.25) is 5.91 Å². The minimum atomic E-state index is -1.11. The lowest BCUT2D eigenvalue weighted by Crippen LogP contribution is -2.54. The van der Waals surface area contributed by atoms with Crippen LogP contribution in [-0.4, -0.2) is 44.5 Å². The van der Waals surface area contributed by atoms with Gasteiger partial charge in [0.1, 0.15) is 6.04 Å². The second kappa shape index (κ2) is 7.01. The monoisotopic (exact) mass is 419 g/mol. The first-order chi connectivity index (χ1) is 14.9. The smallest absolute Gasteiger partial charge is 0.273 e. The molecule has 31 heavy (non-hydrogen) atoms. The molecule has 2 aromatic carbocycles. The standard InChI is InChI=1S/C23H21N3O5/c1-13-6-4-10-18-14-9-5-11-19(26(30)31)17(14)12-20(23(29)24(13)18)25-21(27)15-7-2-3-8-16(15)22(25)28/h2-3,5,7-9,11,13,18,20H,4,6,10,12H2,1H3/t13?,18?,20-/m0/s1. The second-order valence-electron chi connectivity index (χ2n) is 8.39. The molecule has 0 saturated carbocycles. The van der Waals surface area contributed by atoms with Gasteiger partial charge in [-0.25, -0.2) is 0 Å². The van der Waals surface area contributed by atoms with Crippen LogP contribution < -0.4 is 0 Å².